The monoisotopic (exact) mass is 343 g/mol. The maximum atomic E-state index is 12.3. The van der Waals surface area contributed by atoms with Gasteiger partial charge < -0.3 is 9.84 Å². The average molecular weight is 344 g/mol. The molecule has 0 fully saturated rings. The zero-order chi connectivity index (χ0) is 16.2. The highest BCUT2D eigenvalue weighted by Crippen LogP contribution is 2.33. The van der Waals surface area contributed by atoms with Crippen molar-refractivity contribution in [2.45, 2.75) is 30.9 Å². The van der Waals surface area contributed by atoms with Crippen molar-refractivity contribution < 1.29 is 31.8 Å². The molecule has 21 heavy (non-hydrogen) atoms. The summed E-state index contributed by atoms with van der Waals surface area (Å²) < 4.78 is 55.0. The molecule has 0 aliphatic rings. The van der Waals surface area contributed by atoms with Crippen molar-refractivity contribution in [3.63, 3.8) is 0 Å². The lowest BCUT2D eigenvalue weighted by atomic mass is 10.3. The van der Waals surface area contributed by atoms with E-state index in [1.54, 1.807) is 0 Å². The molecular weight excluding hydrogens is 332 g/mol. The van der Waals surface area contributed by atoms with Gasteiger partial charge >= 0.3 is 12.6 Å². The lowest BCUT2D eigenvalue weighted by molar-refractivity contribution is -0.137. The lowest BCUT2D eigenvalue weighted by Crippen LogP contribution is -2.34. The first-order valence-electron chi connectivity index (χ1n) is 5.61. The summed E-state index contributed by atoms with van der Waals surface area (Å²) in [4.78, 5) is 9.93. The summed E-state index contributed by atoms with van der Waals surface area (Å²) in [5, 5.41) is 8.29. The molecule has 0 unspecified atom stereocenters. The third-order valence-electron chi connectivity index (χ3n) is 2.26. The molecule has 0 aliphatic carbocycles. The smallest absolute Gasteiger partial charge is 0.387 e. The third kappa shape index (κ3) is 5.10. The van der Waals surface area contributed by atoms with Gasteiger partial charge in [-0.25, -0.2) is 13.1 Å². The number of aliphatic carboxylic acids is 1. The summed E-state index contributed by atoms with van der Waals surface area (Å²) in [5.41, 5.74) is 0. The van der Waals surface area contributed by atoms with Crippen LogP contribution < -0.4 is 9.46 Å². The van der Waals surface area contributed by atoms with E-state index >= 15 is 0 Å². The Labute approximate surface area is 124 Å². The van der Waals surface area contributed by atoms with Crippen molar-refractivity contribution in [1.29, 1.82) is 0 Å². The van der Waals surface area contributed by atoms with E-state index < -0.39 is 45.7 Å². The van der Waals surface area contributed by atoms with Gasteiger partial charge in [0.15, 0.2) is 5.75 Å². The van der Waals surface area contributed by atoms with Crippen molar-refractivity contribution >= 4 is 27.6 Å². The van der Waals surface area contributed by atoms with Crippen molar-refractivity contribution in [3.05, 3.63) is 23.2 Å². The number of carboxylic acid groups (broad SMARTS) is 1. The minimum atomic E-state index is -4.26. The van der Waals surface area contributed by atoms with Gasteiger partial charge in [-0.05, 0) is 19.1 Å². The number of hydrogen-bond donors (Lipinski definition) is 2. The summed E-state index contributed by atoms with van der Waals surface area (Å²) >= 11 is 5.66. The molecule has 0 bridgehead atoms. The molecule has 2 N–H and O–H groups in total. The van der Waals surface area contributed by atoms with Gasteiger partial charge in [0.25, 0.3) is 0 Å². The van der Waals surface area contributed by atoms with Gasteiger partial charge in [-0.2, -0.15) is 8.78 Å². The number of alkyl halides is 2. The van der Waals surface area contributed by atoms with Crippen molar-refractivity contribution in [2.24, 2.45) is 0 Å². The summed E-state index contributed by atoms with van der Waals surface area (Å²) in [6.45, 7) is -1.93. The molecule has 0 saturated heterocycles. The molecule has 0 spiro atoms. The number of ether oxygens (including phenoxy) is 1. The second-order valence-electron chi connectivity index (χ2n) is 4.07. The summed E-state index contributed by atoms with van der Waals surface area (Å²) in [6.07, 6.45) is -0.467. The Balaban J connectivity index is 3.13. The molecule has 1 rings (SSSR count). The first-order chi connectivity index (χ1) is 9.63. The third-order valence-corrected chi connectivity index (χ3v) is 4.18. The first kappa shape index (κ1) is 17.6. The number of sulfonamides is 1. The Morgan fingerprint density at radius 2 is 2.10 bits per heavy atom. The number of carboxylic acids is 1. The van der Waals surface area contributed by atoms with Gasteiger partial charge in [0.1, 0.15) is 4.90 Å². The Morgan fingerprint density at radius 3 is 2.62 bits per heavy atom. The Hall–Kier alpha value is -1.45. The number of hydrogen-bond acceptors (Lipinski definition) is 4. The highest BCUT2D eigenvalue weighted by molar-refractivity contribution is 7.89. The molecule has 0 amide bonds. The van der Waals surface area contributed by atoms with Crippen molar-refractivity contribution in [3.8, 4) is 5.75 Å². The molecule has 0 saturated carbocycles. The number of para-hydroxylation sites is 1. The van der Waals surface area contributed by atoms with Gasteiger partial charge in [0.05, 0.1) is 11.4 Å². The van der Waals surface area contributed by atoms with Crippen molar-refractivity contribution in [1.82, 2.24) is 4.72 Å². The van der Waals surface area contributed by atoms with Crippen LogP contribution in [0.4, 0.5) is 8.78 Å². The molecule has 118 valence electrons. The molecular formula is C11H12ClF2NO5S. The van der Waals surface area contributed by atoms with E-state index in [1.807, 2.05) is 0 Å². The quantitative estimate of drug-likeness (QED) is 0.790. The van der Waals surface area contributed by atoms with E-state index in [9.17, 15) is 22.0 Å². The fourth-order valence-corrected chi connectivity index (χ4v) is 3.21. The summed E-state index contributed by atoms with van der Waals surface area (Å²) in [7, 11) is -4.26. The number of nitrogens with one attached hydrogen (secondary N) is 1. The van der Waals surface area contributed by atoms with Crippen LogP contribution >= 0.6 is 11.6 Å². The lowest BCUT2D eigenvalue weighted by Gasteiger charge is -2.16. The van der Waals surface area contributed by atoms with Crippen LogP contribution in [0.1, 0.15) is 13.3 Å². The molecule has 10 heteroatoms. The molecule has 1 atom stereocenters. The van der Waals surface area contributed by atoms with Crippen LogP contribution in [0.25, 0.3) is 0 Å². The van der Waals surface area contributed by atoms with E-state index in [1.165, 1.54) is 19.1 Å². The molecule has 0 heterocycles. The normalized spacial score (nSPS) is 13.2. The predicted molar refractivity (Wildman–Crippen MR) is 70.1 cm³/mol. The second-order valence-corrected chi connectivity index (χ2v) is 6.16. The van der Waals surface area contributed by atoms with E-state index in [-0.39, 0.29) is 5.02 Å². The number of benzene rings is 1. The van der Waals surface area contributed by atoms with E-state index in [0.29, 0.717) is 0 Å². The second kappa shape index (κ2) is 7.01. The van der Waals surface area contributed by atoms with Crippen LogP contribution in [0.15, 0.2) is 23.1 Å². The molecule has 1 aromatic rings. The molecule has 6 nitrogen and oxygen atoms in total. The van der Waals surface area contributed by atoms with E-state index in [0.717, 1.165) is 6.07 Å². The van der Waals surface area contributed by atoms with Gasteiger partial charge in [0, 0.05) is 6.04 Å². The summed E-state index contributed by atoms with van der Waals surface area (Å²) in [5.74, 6) is -1.90. The molecule has 0 aliphatic heterocycles. The number of rotatable bonds is 7. The van der Waals surface area contributed by atoms with Crippen molar-refractivity contribution in [2.75, 3.05) is 0 Å². The van der Waals surface area contributed by atoms with Gasteiger partial charge in [0.2, 0.25) is 10.0 Å². The van der Waals surface area contributed by atoms with Crippen LogP contribution in [0.3, 0.4) is 0 Å². The average Bonchev–Trinajstić information content (AvgIpc) is 2.28. The minimum Gasteiger partial charge on any atom is -0.481 e. The molecule has 1 aromatic carbocycles. The largest absolute Gasteiger partial charge is 0.481 e. The fraction of sp³-hybridized carbons (Fsp3) is 0.364. The highest BCUT2D eigenvalue weighted by Gasteiger charge is 2.26. The molecule has 0 aromatic heterocycles. The minimum absolute atomic E-state index is 0.302. The van der Waals surface area contributed by atoms with Crippen LogP contribution in [0.2, 0.25) is 5.02 Å². The highest BCUT2D eigenvalue weighted by atomic mass is 35.5. The fourth-order valence-electron chi connectivity index (χ4n) is 1.54. The maximum Gasteiger partial charge on any atom is 0.387 e. The Morgan fingerprint density at radius 1 is 1.48 bits per heavy atom. The Bertz CT molecular complexity index is 623. The number of halogens is 3. The van der Waals surface area contributed by atoms with Gasteiger partial charge in [-0.1, -0.05) is 17.7 Å². The zero-order valence-electron chi connectivity index (χ0n) is 10.7. The maximum absolute atomic E-state index is 12.3. The number of carbonyl (C=O) groups is 1. The van der Waals surface area contributed by atoms with Crippen LogP contribution in [0, 0.1) is 0 Å². The SMILES string of the molecule is C[C@H](CC(=O)O)NS(=O)(=O)c1cccc(Cl)c1OC(F)F. The topological polar surface area (TPSA) is 92.7 Å². The Kier molecular flexibility index (Phi) is 5.87. The first-order valence-corrected chi connectivity index (χ1v) is 7.47. The van der Waals surface area contributed by atoms with Crippen LogP contribution in [-0.2, 0) is 14.8 Å². The van der Waals surface area contributed by atoms with E-state index in [4.69, 9.17) is 16.7 Å². The zero-order valence-corrected chi connectivity index (χ0v) is 12.3. The van der Waals surface area contributed by atoms with Crippen LogP contribution in [-0.4, -0.2) is 32.1 Å². The van der Waals surface area contributed by atoms with Gasteiger partial charge in [-0.3, -0.25) is 4.79 Å². The van der Waals surface area contributed by atoms with E-state index in [2.05, 4.69) is 9.46 Å². The van der Waals surface area contributed by atoms with Gasteiger partial charge in [-0.15, -0.1) is 0 Å². The summed E-state index contributed by atoms with van der Waals surface area (Å²) in [6, 6.07) is 2.53. The van der Waals surface area contributed by atoms with Crippen LogP contribution in [0.5, 0.6) is 5.75 Å². The predicted octanol–water partition coefficient (Wildman–Crippen LogP) is 2.08. The molecule has 0 radical (unpaired) electrons. The standard InChI is InChI=1S/C11H12ClF2NO5S/c1-6(5-9(16)17)15-21(18,19)8-4-2-3-7(12)10(8)20-11(13)14/h2-4,6,11,15H,5H2,1H3,(H,16,17)/t6-/m1/s1.